The van der Waals surface area contributed by atoms with Crippen LogP contribution in [0.25, 0.3) is 0 Å². The van der Waals surface area contributed by atoms with Crippen LogP contribution in [0.1, 0.15) is 160 Å². The molecule has 2 aliphatic carbocycles. The number of rotatable bonds is 10. The van der Waals surface area contributed by atoms with E-state index in [0.717, 1.165) is 35.4 Å². The molecule has 0 radical (unpaired) electrons. The molecule has 0 aromatic heterocycles. The third-order valence-electron chi connectivity index (χ3n) is 20.1. The summed E-state index contributed by atoms with van der Waals surface area (Å²) in [5.74, 6) is -6.74. The van der Waals surface area contributed by atoms with Crippen LogP contribution in [0.4, 0.5) is 13.2 Å². The summed E-state index contributed by atoms with van der Waals surface area (Å²) in [6, 6.07) is 0.773. The molecule has 2 saturated carbocycles. The van der Waals surface area contributed by atoms with Gasteiger partial charge >= 0.3 is 6.18 Å². The molecule has 6 N–H and O–H groups in total. The fourth-order valence-electron chi connectivity index (χ4n) is 14.1. The predicted molar refractivity (Wildman–Crippen MR) is 347 cm³/mol. The van der Waals surface area contributed by atoms with E-state index in [1.165, 1.54) is 58.8 Å². The summed E-state index contributed by atoms with van der Waals surface area (Å²) in [6.07, 6.45) is -0.799. The molecule has 22 nitrogen and oxygen atoms in total. The molecule has 5 fully saturated rings. The topological polar surface area (TPSA) is 271 Å². The summed E-state index contributed by atoms with van der Waals surface area (Å²) in [7, 11) is 5.87. The molecule has 94 heavy (non-hydrogen) atoms. The summed E-state index contributed by atoms with van der Waals surface area (Å²) >= 11 is 6.14. The van der Waals surface area contributed by atoms with Crippen molar-refractivity contribution >= 4 is 70.7 Å². The van der Waals surface area contributed by atoms with E-state index in [0.29, 0.717) is 49.7 Å². The first-order valence-electron chi connectivity index (χ1n) is 33.5. The van der Waals surface area contributed by atoms with Crippen LogP contribution in [0, 0.1) is 24.7 Å². The molecule has 5 aliphatic rings. The summed E-state index contributed by atoms with van der Waals surface area (Å²) in [5.41, 5.74) is -0.636. The third-order valence-corrected chi connectivity index (χ3v) is 20.4. The summed E-state index contributed by atoms with van der Waals surface area (Å²) in [4.78, 5) is 155. The van der Waals surface area contributed by atoms with Crippen molar-refractivity contribution in [1.82, 2.24) is 56.0 Å². The number of aryl methyl sites for hydroxylation is 2. The number of hydrogen-bond acceptors (Lipinski definition) is 12. The second-order valence-electron chi connectivity index (χ2n) is 27.6. The highest BCUT2D eigenvalue weighted by Gasteiger charge is 2.51. The van der Waals surface area contributed by atoms with Crippen LogP contribution in [0.15, 0.2) is 42.5 Å². The number of nitrogens with zero attached hydrogens (tertiary/aromatic N) is 6. The van der Waals surface area contributed by atoms with Crippen LogP contribution in [0.2, 0.25) is 5.02 Å². The van der Waals surface area contributed by atoms with Crippen molar-refractivity contribution in [2.24, 2.45) is 17.8 Å². The zero-order valence-electron chi connectivity index (χ0n) is 56.4. The number of benzene rings is 2. The van der Waals surface area contributed by atoms with Crippen molar-refractivity contribution in [3.05, 3.63) is 69.7 Å². The Kier molecular flexibility index (Phi) is 25.6. The zero-order chi connectivity index (χ0) is 69.3. The smallest absolute Gasteiger partial charge is 0.376 e. The van der Waals surface area contributed by atoms with E-state index in [9.17, 15) is 56.6 Å². The molecule has 7 rings (SSSR count). The van der Waals surface area contributed by atoms with Crippen LogP contribution in [-0.4, -0.2) is 208 Å². The fraction of sp³-hybridized carbons (Fsp3) is 0.676. The number of likely N-dealkylation sites (N-methyl/N-ethyl adjacent to an activating group) is 4. The Morgan fingerprint density at radius 2 is 1.31 bits per heavy atom. The third kappa shape index (κ3) is 18.0. The molecule has 1 spiro atoms. The number of aliphatic hydroxyl groups is 1. The molecule has 3 heterocycles. The van der Waals surface area contributed by atoms with Gasteiger partial charge in [0.15, 0.2) is 0 Å². The highest BCUT2D eigenvalue weighted by molar-refractivity contribution is 6.31. The Morgan fingerprint density at radius 1 is 0.681 bits per heavy atom. The van der Waals surface area contributed by atoms with Crippen molar-refractivity contribution in [2.75, 3.05) is 47.8 Å². The van der Waals surface area contributed by atoms with Crippen molar-refractivity contribution < 1.29 is 66.2 Å². The molecule has 11 atom stereocenters. The van der Waals surface area contributed by atoms with E-state index in [2.05, 4.69) is 26.6 Å². The van der Waals surface area contributed by atoms with Crippen LogP contribution in [0.3, 0.4) is 0 Å². The Labute approximate surface area is 555 Å². The maximum atomic E-state index is 15.2. The van der Waals surface area contributed by atoms with Crippen LogP contribution in [-0.2, 0) is 67.0 Å². The lowest BCUT2D eigenvalue weighted by molar-refractivity contribution is -0.160. The molecule has 10 amide bonds. The Hall–Kier alpha value is -6.86. The number of halogens is 4. The van der Waals surface area contributed by atoms with E-state index >= 15 is 9.59 Å². The number of alkyl halides is 3. The highest BCUT2D eigenvalue weighted by atomic mass is 35.5. The van der Waals surface area contributed by atoms with Gasteiger partial charge in [-0.2, -0.15) is 13.2 Å². The normalized spacial score (nSPS) is 28.4. The van der Waals surface area contributed by atoms with E-state index < -0.39 is 149 Å². The lowest BCUT2D eigenvalue weighted by Crippen LogP contribution is -2.65. The predicted octanol–water partition coefficient (Wildman–Crippen LogP) is 5.26. The van der Waals surface area contributed by atoms with Crippen molar-refractivity contribution in [2.45, 2.75) is 230 Å². The molecular weight excluding hydrogens is 1240 g/mol. The first-order chi connectivity index (χ1) is 44.3. The first kappa shape index (κ1) is 74.5. The van der Waals surface area contributed by atoms with Crippen molar-refractivity contribution in [1.29, 1.82) is 0 Å². The second kappa shape index (κ2) is 32.3. The lowest BCUT2D eigenvalue weighted by Gasteiger charge is -2.46. The average Bonchev–Trinajstić information content (AvgIpc) is 1.29. The molecule has 3 aliphatic heterocycles. The van der Waals surface area contributed by atoms with Crippen LogP contribution < -0.4 is 26.6 Å². The number of amides is 10. The molecule has 26 heteroatoms. The van der Waals surface area contributed by atoms with Gasteiger partial charge in [-0.15, -0.1) is 0 Å². The number of hydrogen-bond donors (Lipinski definition) is 6. The zero-order valence-corrected chi connectivity index (χ0v) is 57.2. The number of aliphatic hydroxyl groups excluding tert-OH is 1. The molecule has 520 valence electrons. The second-order valence-corrected chi connectivity index (χ2v) is 28.0. The largest absolute Gasteiger partial charge is 0.417 e. The van der Waals surface area contributed by atoms with E-state index in [4.69, 9.17) is 11.6 Å². The quantitative estimate of drug-likeness (QED) is 0.178. The van der Waals surface area contributed by atoms with Gasteiger partial charge in [-0.25, -0.2) is 0 Å². The van der Waals surface area contributed by atoms with Gasteiger partial charge in [0.1, 0.15) is 48.0 Å². The van der Waals surface area contributed by atoms with Crippen LogP contribution >= 0.6 is 11.6 Å². The average molecular weight is 1340 g/mol. The van der Waals surface area contributed by atoms with Crippen molar-refractivity contribution in [3.63, 3.8) is 0 Å². The Balaban J connectivity index is 1.24. The number of nitrogens with one attached hydrogen (secondary N) is 5. The van der Waals surface area contributed by atoms with E-state index in [1.807, 2.05) is 46.8 Å². The highest BCUT2D eigenvalue weighted by Crippen LogP contribution is 2.38. The van der Waals surface area contributed by atoms with Crippen LogP contribution in [0.5, 0.6) is 0 Å². The van der Waals surface area contributed by atoms with Gasteiger partial charge in [0, 0.05) is 53.1 Å². The summed E-state index contributed by atoms with van der Waals surface area (Å²) in [6.45, 7) is 12.2. The molecular formula is C68H99ClF3N11O11. The minimum atomic E-state index is -4.75. The van der Waals surface area contributed by atoms with Crippen molar-refractivity contribution in [3.8, 4) is 0 Å². The van der Waals surface area contributed by atoms with Gasteiger partial charge in [-0.05, 0) is 133 Å². The van der Waals surface area contributed by atoms with Gasteiger partial charge in [-0.3, -0.25) is 52.8 Å². The van der Waals surface area contributed by atoms with Gasteiger partial charge < -0.3 is 56.2 Å². The lowest BCUT2D eigenvalue weighted by atomic mass is 9.90. The monoisotopic (exact) mass is 1340 g/mol. The van der Waals surface area contributed by atoms with E-state index in [-0.39, 0.29) is 88.6 Å². The van der Waals surface area contributed by atoms with E-state index in [1.54, 1.807) is 26.0 Å². The minimum Gasteiger partial charge on any atom is -0.376 e. The molecule has 2 aromatic carbocycles. The minimum absolute atomic E-state index is 0.0162. The van der Waals surface area contributed by atoms with Gasteiger partial charge in [-0.1, -0.05) is 107 Å². The molecule has 0 bridgehead atoms. The number of carbonyl (C=O) groups excluding carboxylic acids is 10. The first-order valence-corrected chi connectivity index (χ1v) is 33.9. The summed E-state index contributed by atoms with van der Waals surface area (Å²) < 4.78 is 41.5. The summed E-state index contributed by atoms with van der Waals surface area (Å²) in [5, 5.41) is 26.2. The van der Waals surface area contributed by atoms with Gasteiger partial charge in [0.25, 0.3) is 0 Å². The Morgan fingerprint density at radius 3 is 1.90 bits per heavy atom. The maximum absolute atomic E-state index is 15.2. The SMILES string of the molecule is CCC(C)[C@@H]1NC(=O)[C@H](CC(C)C)NC(=O)C[C@@H](C)NC(=O)[C@H](C2CCCC2)N(C)C(=O)C2(CCCC2)NC(=O)[C@@H]2CCCN2C(=O)[C@H](CCc2ccc(C(F)(F)F)c(Cl)c2)NC(=O)CN(C)C(=O)[C@H](Cc2ccc(C)cc2)N(C)C(=O)[C@@H]2CCN2C(=O)[C@H](C)N(C)C1O. The standard InChI is InChI=1S/C68H99ClF3N11O11/c1-12-41(5)56-65(93)79(9)43(7)61(89)83-33-29-52(83)64(92)80(10)53(37-45-23-21-40(4)22-24-45)63(91)78(8)38-55(85)74-49(28-26-44-25-27-47(48(69)36-44)68(70,71)72)62(90)82-32-17-20-51(82)59(87)77-67(30-15-16-31-67)66(94)81(11)57(46-18-13-14-19-46)60(88)73-42(6)35-54(84)75-50(34-39(2)3)58(86)76-56/h21-25,27,36,39,41-43,46,49-53,56-57,65,93H,12-20,26,28-35,37-38H2,1-11H3,(H,73,88)(H,74,85)(H,75,84)(H,76,86)(H,77,87)/t41?,42-,43+,49+,50+,51+,52+,53+,56+,57+,65?/m1/s1. The van der Waals surface area contributed by atoms with Gasteiger partial charge in [0.05, 0.1) is 29.2 Å². The van der Waals surface area contributed by atoms with Gasteiger partial charge in [0.2, 0.25) is 59.1 Å². The number of fused-ring (bicyclic) bond motifs is 2. The number of carbonyl (C=O) groups is 10. The maximum Gasteiger partial charge on any atom is 0.417 e. The Bertz CT molecular complexity index is 3070. The molecule has 2 aromatic rings. The molecule has 3 saturated heterocycles. The molecule has 2 unspecified atom stereocenters. The fourth-order valence-corrected chi connectivity index (χ4v) is 14.4.